The van der Waals surface area contributed by atoms with E-state index in [1.165, 1.54) is 5.69 Å². The van der Waals surface area contributed by atoms with Gasteiger partial charge < -0.3 is 4.57 Å². The van der Waals surface area contributed by atoms with E-state index in [0.29, 0.717) is 11.8 Å². The van der Waals surface area contributed by atoms with Gasteiger partial charge in [0.2, 0.25) is 0 Å². The Morgan fingerprint density at radius 3 is 2.54 bits per heavy atom. The lowest BCUT2D eigenvalue weighted by molar-refractivity contribution is 0.710. The summed E-state index contributed by atoms with van der Waals surface area (Å²) >= 11 is 1.87. The molecule has 4 nitrogen and oxygen atoms in total. The van der Waals surface area contributed by atoms with Crippen LogP contribution >= 0.6 is 11.8 Å². The van der Waals surface area contributed by atoms with Crippen molar-refractivity contribution in [2.45, 2.75) is 32.1 Å². The van der Waals surface area contributed by atoms with Gasteiger partial charge in [0.1, 0.15) is 0 Å². The first kappa shape index (κ1) is 16.7. The lowest BCUT2D eigenvalue weighted by atomic mass is 10.1. The Balaban J connectivity index is 1.96. The molecule has 0 saturated heterocycles. The van der Waals surface area contributed by atoms with E-state index in [1.807, 2.05) is 43.5 Å². The second kappa shape index (κ2) is 7.62. The van der Waals surface area contributed by atoms with Crippen LogP contribution in [-0.2, 0) is 13.0 Å². The van der Waals surface area contributed by atoms with E-state index in [9.17, 15) is 0 Å². The van der Waals surface area contributed by atoms with E-state index in [0.717, 1.165) is 29.1 Å². The van der Waals surface area contributed by atoms with Crippen molar-refractivity contribution in [2.75, 3.05) is 6.26 Å². The summed E-state index contributed by atoms with van der Waals surface area (Å²) in [4.78, 5) is 13.5. The molecular weight excluding hydrogens is 316 g/mol. The summed E-state index contributed by atoms with van der Waals surface area (Å²) in [6.07, 6.45) is 8.71. The number of thioether (sulfide) groups is 1. The van der Waals surface area contributed by atoms with Gasteiger partial charge in [0.25, 0.3) is 0 Å². The lowest BCUT2D eigenvalue weighted by Gasteiger charge is -2.13. The zero-order valence-corrected chi connectivity index (χ0v) is 15.1. The molecule has 2 aromatic heterocycles. The van der Waals surface area contributed by atoms with Gasteiger partial charge in [-0.05, 0) is 13.2 Å². The van der Waals surface area contributed by atoms with Gasteiger partial charge in [-0.25, -0.2) is 4.98 Å². The van der Waals surface area contributed by atoms with Crippen molar-refractivity contribution in [1.29, 1.82) is 0 Å². The van der Waals surface area contributed by atoms with Crippen LogP contribution in [0.1, 0.15) is 24.0 Å². The first-order chi connectivity index (χ1) is 11.7. The molecule has 0 unspecified atom stereocenters. The highest BCUT2D eigenvalue weighted by atomic mass is 32.2. The average Bonchev–Trinajstić information content (AvgIpc) is 3.00. The van der Waals surface area contributed by atoms with Gasteiger partial charge >= 0.3 is 0 Å². The molecule has 2 heterocycles. The van der Waals surface area contributed by atoms with E-state index in [4.69, 9.17) is 4.98 Å². The highest BCUT2D eigenvalue weighted by Gasteiger charge is 2.16. The van der Waals surface area contributed by atoms with Gasteiger partial charge in [-0.2, -0.15) is 11.8 Å². The molecule has 0 N–H and O–H groups in total. The molecule has 0 aliphatic rings. The maximum Gasteiger partial charge on any atom is 0.0959 e. The monoisotopic (exact) mass is 338 g/mol. The van der Waals surface area contributed by atoms with Crippen LogP contribution in [-0.4, -0.2) is 31.0 Å². The molecular formula is C19H22N4S. The van der Waals surface area contributed by atoms with E-state index in [2.05, 4.69) is 52.0 Å². The first-order valence-corrected chi connectivity index (χ1v) is 9.36. The molecule has 1 aromatic carbocycles. The molecule has 0 aliphatic carbocycles. The predicted molar refractivity (Wildman–Crippen MR) is 100 cm³/mol. The molecule has 0 radical (unpaired) electrons. The number of aryl methyl sites for hydroxylation is 1. The summed E-state index contributed by atoms with van der Waals surface area (Å²) in [5, 5.41) is 0.534. The summed E-state index contributed by atoms with van der Waals surface area (Å²) < 4.78 is 2.20. The fourth-order valence-corrected chi connectivity index (χ4v) is 2.95. The summed E-state index contributed by atoms with van der Waals surface area (Å²) in [5.74, 6) is 0. The van der Waals surface area contributed by atoms with E-state index >= 15 is 0 Å². The molecule has 0 saturated carbocycles. The van der Waals surface area contributed by atoms with E-state index < -0.39 is 0 Å². The van der Waals surface area contributed by atoms with Crippen LogP contribution in [0.25, 0.3) is 11.3 Å². The second-order valence-electron chi connectivity index (χ2n) is 5.93. The number of aromatic nitrogens is 4. The summed E-state index contributed by atoms with van der Waals surface area (Å²) in [7, 11) is 0. The third-order valence-electron chi connectivity index (χ3n) is 4.04. The van der Waals surface area contributed by atoms with Gasteiger partial charge in [0.05, 0.1) is 36.2 Å². The number of benzene rings is 1. The third-order valence-corrected chi connectivity index (χ3v) is 5.01. The highest BCUT2D eigenvalue weighted by Crippen LogP contribution is 2.25. The summed E-state index contributed by atoms with van der Waals surface area (Å²) in [6, 6.07) is 10.4. The minimum absolute atomic E-state index is 0.534. The molecule has 124 valence electrons. The fourth-order valence-electron chi connectivity index (χ4n) is 2.63. The minimum atomic E-state index is 0.534. The lowest BCUT2D eigenvalue weighted by Crippen LogP contribution is -2.10. The molecule has 3 aromatic rings. The molecule has 24 heavy (non-hydrogen) atoms. The van der Waals surface area contributed by atoms with E-state index in [1.54, 1.807) is 0 Å². The van der Waals surface area contributed by atoms with Crippen LogP contribution < -0.4 is 0 Å². The zero-order valence-electron chi connectivity index (χ0n) is 14.3. The van der Waals surface area contributed by atoms with Crippen molar-refractivity contribution in [2.24, 2.45) is 0 Å². The SMILES string of the molecule is CS[C@@H](C)Cc1c(-c2ccccc2)ncn1Cc1cnc(C)cn1. The van der Waals surface area contributed by atoms with Crippen LogP contribution in [0.5, 0.6) is 0 Å². The molecule has 3 rings (SSSR count). The van der Waals surface area contributed by atoms with Crippen molar-refractivity contribution in [3.05, 3.63) is 66.1 Å². The van der Waals surface area contributed by atoms with E-state index in [-0.39, 0.29) is 0 Å². The van der Waals surface area contributed by atoms with Crippen LogP contribution in [0.3, 0.4) is 0 Å². The average molecular weight is 338 g/mol. The minimum Gasteiger partial charge on any atom is -0.328 e. The molecule has 0 spiro atoms. The molecule has 0 amide bonds. The Morgan fingerprint density at radius 2 is 1.88 bits per heavy atom. The largest absolute Gasteiger partial charge is 0.328 e. The molecule has 5 heteroatoms. The van der Waals surface area contributed by atoms with Crippen molar-refractivity contribution in [3.63, 3.8) is 0 Å². The predicted octanol–water partition coefficient (Wildman–Crippen LogP) is 3.99. The zero-order chi connectivity index (χ0) is 16.9. The molecule has 0 bridgehead atoms. The van der Waals surface area contributed by atoms with Crippen LogP contribution in [0, 0.1) is 6.92 Å². The highest BCUT2D eigenvalue weighted by molar-refractivity contribution is 7.99. The summed E-state index contributed by atoms with van der Waals surface area (Å²) in [5.41, 5.74) is 5.37. The van der Waals surface area contributed by atoms with Gasteiger partial charge in [-0.1, -0.05) is 37.3 Å². The maximum absolute atomic E-state index is 4.69. The quantitative estimate of drug-likeness (QED) is 0.681. The number of hydrogen-bond donors (Lipinski definition) is 0. The fraction of sp³-hybridized carbons (Fsp3) is 0.316. The molecule has 0 fully saturated rings. The van der Waals surface area contributed by atoms with Crippen molar-refractivity contribution in [3.8, 4) is 11.3 Å². The Kier molecular flexibility index (Phi) is 5.30. The number of hydrogen-bond acceptors (Lipinski definition) is 4. The van der Waals surface area contributed by atoms with Crippen molar-refractivity contribution < 1.29 is 0 Å². The maximum atomic E-state index is 4.69. The Hall–Kier alpha value is -2.14. The number of rotatable bonds is 6. The first-order valence-electron chi connectivity index (χ1n) is 8.07. The Bertz CT molecular complexity index is 781. The molecule has 1 atom stereocenters. The summed E-state index contributed by atoms with van der Waals surface area (Å²) in [6.45, 7) is 4.90. The van der Waals surface area contributed by atoms with Gasteiger partial charge in [-0.3, -0.25) is 9.97 Å². The van der Waals surface area contributed by atoms with Crippen LogP contribution in [0.2, 0.25) is 0 Å². The number of nitrogens with zero attached hydrogens (tertiary/aromatic N) is 4. The van der Waals surface area contributed by atoms with Crippen LogP contribution in [0.15, 0.2) is 49.1 Å². The topological polar surface area (TPSA) is 43.6 Å². The van der Waals surface area contributed by atoms with Gasteiger partial charge in [0.15, 0.2) is 0 Å². The van der Waals surface area contributed by atoms with Crippen molar-refractivity contribution in [1.82, 2.24) is 19.5 Å². The Labute approximate surface area is 147 Å². The normalized spacial score (nSPS) is 12.3. The molecule has 0 aliphatic heterocycles. The van der Waals surface area contributed by atoms with Gasteiger partial charge in [-0.15, -0.1) is 0 Å². The smallest absolute Gasteiger partial charge is 0.0959 e. The number of imidazole rings is 1. The van der Waals surface area contributed by atoms with Gasteiger partial charge in [0, 0.05) is 29.1 Å². The Morgan fingerprint density at radius 1 is 1.08 bits per heavy atom. The second-order valence-corrected chi connectivity index (χ2v) is 7.21. The van der Waals surface area contributed by atoms with Crippen LogP contribution in [0.4, 0.5) is 0 Å². The van der Waals surface area contributed by atoms with Crippen molar-refractivity contribution >= 4 is 11.8 Å². The standard InChI is InChI=1S/C19H22N4S/c1-14-10-21-17(11-20-14)12-23-13-22-19(16-7-5-4-6-8-16)18(23)9-15(2)24-3/h4-8,10-11,13,15H,9,12H2,1-3H3/t15-/m0/s1. The third kappa shape index (κ3) is 3.85.